The maximum atomic E-state index is 11.8. The number of fused-ring (bicyclic) bond motifs is 1. The number of amides is 1. The number of carbonyl (C=O) groups excluding carboxylic acids is 1. The Morgan fingerprint density at radius 1 is 0.902 bits per heavy atom. The lowest BCUT2D eigenvalue weighted by atomic mass is 9.99. The van der Waals surface area contributed by atoms with Gasteiger partial charge in [0, 0.05) is 28.6 Å². The van der Waals surface area contributed by atoms with Crippen LogP contribution in [0.15, 0.2) is 72.8 Å². The van der Waals surface area contributed by atoms with Gasteiger partial charge in [-0.2, -0.15) is 0 Å². The van der Waals surface area contributed by atoms with Crippen LogP contribution >= 0.6 is 23.7 Å². The van der Waals surface area contributed by atoms with E-state index in [-0.39, 0.29) is 24.4 Å². The number of halogens is 1. The predicted molar refractivity (Wildman–Crippen MR) is 173 cm³/mol. The summed E-state index contributed by atoms with van der Waals surface area (Å²) < 4.78 is 13.2. The summed E-state index contributed by atoms with van der Waals surface area (Å²) in [6, 6.07) is 25.8. The average Bonchev–Trinajstić information content (AvgIpc) is 3.60. The molecule has 0 aliphatic carbocycles. The Morgan fingerprint density at radius 2 is 1.56 bits per heavy atom. The van der Waals surface area contributed by atoms with Gasteiger partial charge in [0.1, 0.15) is 18.1 Å². The first-order valence-electron chi connectivity index (χ1n) is 14.5. The third kappa shape index (κ3) is 8.71. The van der Waals surface area contributed by atoms with E-state index in [1.807, 2.05) is 37.3 Å². The molecule has 0 radical (unpaired) electrons. The number of likely N-dealkylation sites (tertiary alicyclic amines) is 1. The lowest BCUT2D eigenvalue weighted by Crippen LogP contribution is -2.30. The highest BCUT2D eigenvalue weighted by Crippen LogP contribution is 2.40. The molecule has 1 amide bonds. The van der Waals surface area contributed by atoms with Crippen LogP contribution in [-0.4, -0.2) is 49.7 Å². The Balaban J connectivity index is 0.00000387. The lowest BCUT2D eigenvalue weighted by molar-refractivity contribution is -0.121. The average molecular weight is 593 g/mol. The smallest absolute Gasteiger partial charge is 0.220 e. The van der Waals surface area contributed by atoms with Crippen molar-refractivity contribution in [2.75, 3.05) is 32.8 Å². The van der Waals surface area contributed by atoms with E-state index in [9.17, 15) is 4.79 Å². The molecule has 1 fully saturated rings. The molecule has 3 aromatic carbocycles. The zero-order valence-electron chi connectivity index (χ0n) is 24.1. The van der Waals surface area contributed by atoms with E-state index in [2.05, 4.69) is 70.9 Å². The maximum absolute atomic E-state index is 11.8. The predicted octanol–water partition coefficient (Wildman–Crippen LogP) is 7.74. The molecule has 0 atom stereocenters. The van der Waals surface area contributed by atoms with E-state index in [1.54, 1.807) is 0 Å². The molecule has 5 nitrogen and oxygen atoms in total. The van der Waals surface area contributed by atoms with Crippen LogP contribution in [-0.2, 0) is 11.2 Å². The van der Waals surface area contributed by atoms with Crippen molar-refractivity contribution in [1.82, 2.24) is 10.2 Å². The molecule has 0 unspecified atom stereocenters. The van der Waals surface area contributed by atoms with E-state index in [1.165, 1.54) is 57.6 Å². The Morgan fingerprint density at radius 3 is 2.27 bits per heavy atom. The fraction of sp³-hybridized carbons (Fsp3) is 0.382. The molecular weight excluding hydrogens is 552 g/mol. The molecule has 0 saturated carbocycles. The second kappa shape index (κ2) is 15.2. The molecule has 4 aromatic rings. The monoisotopic (exact) mass is 592 g/mol. The Bertz CT molecular complexity index is 1380. The van der Waals surface area contributed by atoms with Gasteiger partial charge in [0.05, 0.1) is 6.61 Å². The summed E-state index contributed by atoms with van der Waals surface area (Å²) in [5, 5.41) is 4.23. The molecule has 2 heterocycles. The minimum Gasteiger partial charge on any atom is -0.494 e. The first-order chi connectivity index (χ1) is 19.5. The third-order valence-electron chi connectivity index (χ3n) is 7.26. The highest BCUT2D eigenvalue weighted by atomic mass is 35.5. The molecule has 1 N–H and O–H groups in total. The Kier molecular flexibility index (Phi) is 11.5. The molecule has 0 spiro atoms. The number of hydrogen-bond donors (Lipinski definition) is 1. The SMILES string of the molecule is CC(C)NC(=O)CCCOc1ccc(Cc2c(-c3ccc(OCCN4CCCC4)cc3)sc3ccccc23)cc1.Cl. The van der Waals surface area contributed by atoms with Gasteiger partial charge in [0.15, 0.2) is 0 Å². The molecule has 5 rings (SSSR count). The van der Waals surface area contributed by atoms with Gasteiger partial charge in [0.2, 0.25) is 5.91 Å². The number of ether oxygens (including phenoxy) is 2. The van der Waals surface area contributed by atoms with Crippen LogP contribution in [0, 0.1) is 0 Å². The number of hydrogen-bond acceptors (Lipinski definition) is 5. The van der Waals surface area contributed by atoms with Crippen molar-refractivity contribution in [3.8, 4) is 21.9 Å². The second-order valence-corrected chi connectivity index (χ2v) is 11.9. The number of nitrogens with zero attached hydrogens (tertiary/aromatic N) is 1. The van der Waals surface area contributed by atoms with Crippen molar-refractivity contribution in [1.29, 1.82) is 0 Å². The molecular formula is C34H41ClN2O3S. The molecule has 218 valence electrons. The lowest BCUT2D eigenvalue weighted by Gasteiger charge is -2.15. The molecule has 7 heteroatoms. The molecule has 1 aliphatic heterocycles. The van der Waals surface area contributed by atoms with Crippen LogP contribution < -0.4 is 14.8 Å². The minimum absolute atomic E-state index is 0. The third-order valence-corrected chi connectivity index (χ3v) is 8.52. The summed E-state index contributed by atoms with van der Waals surface area (Å²) >= 11 is 1.85. The largest absolute Gasteiger partial charge is 0.494 e. The van der Waals surface area contributed by atoms with Crippen molar-refractivity contribution in [2.45, 2.75) is 52.0 Å². The minimum atomic E-state index is 0. The first-order valence-corrected chi connectivity index (χ1v) is 15.3. The van der Waals surface area contributed by atoms with E-state index >= 15 is 0 Å². The topological polar surface area (TPSA) is 50.8 Å². The molecule has 1 saturated heterocycles. The summed E-state index contributed by atoms with van der Waals surface area (Å²) in [6.07, 6.45) is 4.65. The van der Waals surface area contributed by atoms with Gasteiger partial charge in [-0.25, -0.2) is 0 Å². The van der Waals surface area contributed by atoms with Gasteiger partial charge in [-0.05, 0) is 117 Å². The summed E-state index contributed by atoms with van der Waals surface area (Å²) in [5.74, 6) is 1.85. The van der Waals surface area contributed by atoms with Gasteiger partial charge in [-0.3, -0.25) is 9.69 Å². The van der Waals surface area contributed by atoms with Crippen LogP contribution in [0.1, 0.15) is 50.7 Å². The van der Waals surface area contributed by atoms with Gasteiger partial charge >= 0.3 is 0 Å². The number of benzene rings is 3. The number of nitrogens with one attached hydrogen (secondary N) is 1. The molecule has 41 heavy (non-hydrogen) atoms. The molecule has 1 aromatic heterocycles. The fourth-order valence-electron chi connectivity index (χ4n) is 5.23. The zero-order chi connectivity index (χ0) is 27.7. The van der Waals surface area contributed by atoms with Gasteiger partial charge in [-0.15, -0.1) is 23.7 Å². The zero-order valence-corrected chi connectivity index (χ0v) is 25.7. The highest BCUT2D eigenvalue weighted by molar-refractivity contribution is 7.22. The van der Waals surface area contributed by atoms with E-state index in [0.29, 0.717) is 19.4 Å². The summed E-state index contributed by atoms with van der Waals surface area (Å²) in [4.78, 5) is 15.6. The van der Waals surface area contributed by atoms with Crippen LogP contribution in [0.4, 0.5) is 0 Å². The van der Waals surface area contributed by atoms with Crippen molar-refractivity contribution in [3.63, 3.8) is 0 Å². The number of rotatable bonds is 13. The Labute approximate surface area is 254 Å². The molecule has 1 aliphatic rings. The van der Waals surface area contributed by atoms with Crippen molar-refractivity contribution in [2.24, 2.45) is 0 Å². The van der Waals surface area contributed by atoms with Gasteiger partial charge in [0.25, 0.3) is 0 Å². The fourth-order valence-corrected chi connectivity index (χ4v) is 6.46. The van der Waals surface area contributed by atoms with Crippen LogP contribution in [0.25, 0.3) is 20.5 Å². The van der Waals surface area contributed by atoms with E-state index < -0.39 is 0 Å². The van der Waals surface area contributed by atoms with Crippen molar-refractivity contribution >= 4 is 39.7 Å². The van der Waals surface area contributed by atoms with E-state index in [0.717, 1.165) is 31.1 Å². The second-order valence-electron chi connectivity index (χ2n) is 10.8. The Hall–Kier alpha value is -3.06. The maximum Gasteiger partial charge on any atom is 0.220 e. The summed E-state index contributed by atoms with van der Waals surface area (Å²) in [6.45, 7) is 8.61. The summed E-state index contributed by atoms with van der Waals surface area (Å²) in [5.41, 5.74) is 3.83. The number of carbonyl (C=O) groups is 1. The first kappa shape index (κ1) is 30.9. The molecule has 0 bridgehead atoms. The van der Waals surface area contributed by atoms with Crippen molar-refractivity contribution < 1.29 is 14.3 Å². The standard InChI is InChI=1S/C34H40N2O3S.ClH/c1-25(2)35-33(37)10-7-22-38-28-15-11-26(12-16-28)24-31-30-8-3-4-9-32(30)40-34(31)27-13-17-29(18-14-27)39-23-21-36-19-5-6-20-36;/h3-4,8-9,11-18,25H,5-7,10,19-24H2,1-2H3,(H,35,37);1H. The quantitative estimate of drug-likeness (QED) is 0.161. The van der Waals surface area contributed by atoms with Gasteiger partial charge in [-0.1, -0.05) is 30.3 Å². The summed E-state index contributed by atoms with van der Waals surface area (Å²) in [7, 11) is 0. The highest BCUT2D eigenvalue weighted by Gasteiger charge is 2.15. The van der Waals surface area contributed by atoms with Crippen LogP contribution in [0.5, 0.6) is 11.5 Å². The van der Waals surface area contributed by atoms with Crippen LogP contribution in [0.2, 0.25) is 0 Å². The van der Waals surface area contributed by atoms with E-state index in [4.69, 9.17) is 9.47 Å². The van der Waals surface area contributed by atoms with Crippen LogP contribution in [0.3, 0.4) is 0 Å². The van der Waals surface area contributed by atoms with Crippen molar-refractivity contribution in [3.05, 3.63) is 83.9 Å². The van der Waals surface area contributed by atoms with Gasteiger partial charge < -0.3 is 14.8 Å². The number of thiophene rings is 1. The normalized spacial score (nSPS) is 13.3.